The lowest BCUT2D eigenvalue weighted by Crippen LogP contribution is -2.68. The largest absolute Gasteiger partial charge is 0.394 e. The Morgan fingerprint density at radius 2 is 1.00 bits per heavy atom. The zero-order chi connectivity index (χ0) is 31.0. The fourth-order valence-electron chi connectivity index (χ4n) is 5.70. The second-order valence-electron chi connectivity index (χ2n) is 11.2. The molecule has 0 spiro atoms. The van der Waals surface area contributed by atoms with Crippen LogP contribution in [0.15, 0.2) is 0 Å². The fourth-order valence-corrected chi connectivity index (χ4v) is 5.70. The van der Waals surface area contributed by atoms with Crippen molar-refractivity contribution in [3.8, 4) is 0 Å². The predicted octanol–water partition coefficient (Wildman–Crippen LogP) is -8.86. The minimum atomic E-state index is -1.62. The highest BCUT2D eigenvalue weighted by atomic mass is 16.8. The molecule has 3 saturated heterocycles. The normalized spacial score (nSPS) is 53.8. The van der Waals surface area contributed by atoms with E-state index in [9.17, 15) is 40.9 Å². The van der Waals surface area contributed by atoms with E-state index in [1.807, 2.05) is 0 Å². The van der Waals surface area contributed by atoms with Gasteiger partial charge in [-0.1, -0.05) is 0 Å². The highest BCUT2D eigenvalue weighted by Gasteiger charge is 2.54. The molecule has 4 aliphatic rings. The smallest absolute Gasteiger partial charge is 0.187 e. The van der Waals surface area contributed by atoms with Crippen LogP contribution in [0, 0.1) is 0 Å². The summed E-state index contributed by atoms with van der Waals surface area (Å²) in [6.07, 6.45) is -20.5. The van der Waals surface area contributed by atoms with E-state index in [1.54, 1.807) is 0 Å². The van der Waals surface area contributed by atoms with Crippen LogP contribution in [0.3, 0.4) is 0 Å². The Morgan fingerprint density at radius 1 is 0.524 bits per heavy atom. The number of ether oxygens (including phenoxy) is 6. The molecule has 1 saturated carbocycles. The summed E-state index contributed by atoms with van der Waals surface area (Å²) >= 11 is 0. The van der Waals surface area contributed by atoms with Crippen molar-refractivity contribution in [2.45, 2.75) is 123 Å². The monoisotopic (exact) mass is 615 g/mol. The Kier molecular flexibility index (Phi) is 11.5. The topological polar surface area (TPSA) is 347 Å². The molecule has 0 aromatic rings. The van der Waals surface area contributed by atoms with Gasteiger partial charge < -0.3 is 97.9 Å². The molecule has 3 heterocycles. The van der Waals surface area contributed by atoms with Gasteiger partial charge in [0.1, 0.15) is 67.1 Å². The standard InChI is InChI=1S/C23H45N5O14/c24-2-7-13(32)15(34)10(27)21(37-7)41-19-9(4-30)39-23(17(19)36)42-20-12(31)5(25)1-6(26)18(20)40-22-11(28)16(35)14(33)8(3-29)38-22/h5-23,29-36H,1-4,24-28H2/t5-,6+,7+,8-,9-,10-,11-,12+,13-,14-,15-,16-,17-,18-,19-,20-,21-,22-,23-/m1/s1. The molecule has 42 heavy (non-hydrogen) atoms. The summed E-state index contributed by atoms with van der Waals surface area (Å²) in [5.74, 6) is 0. The Balaban J connectivity index is 1.50. The van der Waals surface area contributed by atoms with Gasteiger partial charge in [0, 0.05) is 18.6 Å². The summed E-state index contributed by atoms with van der Waals surface area (Å²) in [5.41, 5.74) is 29.9. The first-order valence-corrected chi connectivity index (χ1v) is 13.8. The lowest BCUT2D eigenvalue weighted by molar-refractivity contribution is -0.310. The zero-order valence-corrected chi connectivity index (χ0v) is 22.7. The number of hydrogen-bond acceptors (Lipinski definition) is 19. The third-order valence-corrected chi connectivity index (χ3v) is 8.32. The molecule has 1 aliphatic carbocycles. The van der Waals surface area contributed by atoms with Crippen molar-refractivity contribution in [3.63, 3.8) is 0 Å². The first-order valence-electron chi connectivity index (χ1n) is 13.8. The van der Waals surface area contributed by atoms with E-state index in [1.165, 1.54) is 0 Å². The molecular weight excluding hydrogens is 570 g/mol. The molecule has 18 N–H and O–H groups in total. The van der Waals surface area contributed by atoms with E-state index in [2.05, 4.69) is 0 Å². The van der Waals surface area contributed by atoms with Crippen LogP contribution in [0.1, 0.15) is 6.42 Å². The molecule has 19 atom stereocenters. The first-order chi connectivity index (χ1) is 19.8. The van der Waals surface area contributed by atoms with E-state index >= 15 is 0 Å². The zero-order valence-electron chi connectivity index (χ0n) is 22.7. The SMILES string of the molecule is NC[C@@H]1O[C@H](O[C@H]2[C@@H](O)[C@@H](O[C@@H]3[C@@H](O)[C@H](N)C[C@H](N)[C@H]3O[C@H]3O[C@H](CO)[C@@H](O)[C@H](O)[C@H]3N)O[C@@H]2CO)[C@H](N)[C@@H](O)[C@@H]1O. The first kappa shape index (κ1) is 34.1. The van der Waals surface area contributed by atoms with Crippen molar-refractivity contribution in [2.75, 3.05) is 19.8 Å². The van der Waals surface area contributed by atoms with Crippen LogP contribution in [-0.4, -0.2) is 177 Å². The molecular formula is C23H45N5O14. The van der Waals surface area contributed by atoms with Crippen LogP contribution >= 0.6 is 0 Å². The van der Waals surface area contributed by atoms with Crippen molar-refractivity contribution < 1.29 is 69.3 Å². The summed E-state index contributed by atoms with van der Waals surface area (Å²) in [4.78, 5) is 0. The number of aliphatic hydroxyl groups is 8. The lowest BCUT2D eigenvalue weighted by Gasteiger charge is -2.47. The second-order valence-corrected chi connectivity index (χ2v) is 11.2. The van der Waals surface area contributed by atoms with Crippen molar-refractivity contribution >= 4 is 0 Å². The van der Waals surface area contributed by atoms with Gasteiger partial charge in [0.05, 0.1) is 31.4 Å². The molecule has 3 aliphatic heterocycles. The summed E-state index contributed by atoms with van der Waals surface area (Å²) in [6, 6.07) is -4.30. The van der Waals surface area contributed by atoms with Crippen molar-refractivity contribution in [1.82, 2.24) is 0 Å². The summed E-state index contributed by atoms with van der Waals surface area (Å²) in [7, 11) is 0. The van der Waals surface area contributed by atoms with Crippen molar-refractivity contribution in [1.29, 1.82) is 0 Å². The molecule has 0 aromatic heterocycles. The van der Waals surface area contributed by atoms with Gasteiger partial charge in [-0.3, -0.25) is 0 Å². The second kappa shape index (κ2) is 14.1. The van der Waals surface area contributed by atoms with Crippen LogP contribution in [0.4, 0.5) is 0 Å². The summed E-state index contributed by atoms with van der Waals surface area (Å²) in [5, 5.41) is 82.3. The van der Waals surface area contributed by atoms with Crippen LogP contribution in [0.25, 0.3) is 0 Å². The van der Waals surface area contributed by atoms with Crippen LogP contribution in [0.2, 0.25) is 0 Å². The molecule has 0 bridgehead atoms. The maximum absolute atomic E-state index is 11.1. The molecule has 0 radical (unpaired) electrons. The van der Waals surface area contributed by atoms with Gasteiger partial charge in [-0.2, -0.15) is 0 Å². The Labute approximate surface area is 240 Å². The van der Waals surface area contributed by atoms with Gasteiger partial charge in [-0.25, -0.2) is 0 Å². The van der Waals surface area contributed by atoms with Crippen molar-refractivity contribution in [2.24, 2.45) is 28.7 Å². The third-order valence-electron chi connectivity index (χ3n) is 8.32. The van der Waals surface area contributed by atoms with E-state index < -0.39 is 129 Å². The van der Waals surface area contributed by atoms with Gasteiger partial charge in [0.2, 0.25) is 0 Å². The van der Waals surface area contributed by atoms with Crippen LogP contribution in [-0.2, 0) is 28.4 Å². The molecule has 4 rings (SSSR count). The van der Waals surface area contributed by atoms with Gasteiger partial charge in [-0.05, 0) is 6.42 Å². The molecule has 0 unspecified atom stereocenters. The highest BCUT2D eigenvalue weighted by Crippen LogP contribution is 2.34. The van der Waals surface area contributed by atoms with E-state index in [-0.39, 0.29) is 13.0 Å². The fraction of sp³-hybridized carbons (Fsp3) is 1.00. The minimum absolute atomic E-state index is 0.0642. The minimum Gasteiger partial charge on any atom is -0.394 e. The van der Waals surface area contributed by atoms with E-state index in [4.69, 9.17) is 57.1 Å². The number of nitrogens with two attached hydrogens (primary N) is 5. The average molecular weight is 616 g/mol. The molecule has 0 amide bonds. The average Bonchev–Trinajstić information content (AvgIpc) is 3.27. The highest BCUT2D eigenvalue weighted by molar-refractivity contribution is 5.02. The maximum Gasteiger partial charge on any atom is 0.187 e. The Hall–Kier alpha value is -0.760. The number of rotatable bonds is 9. The van der Waals surface area contributed by atoms with Gasteiger partial charge in [0.25, 0.3) is 0 Å². The Morgan fingerprint density at radius 3 is 1.55 bits per heavy atom. The number of aliphatic hydroxyl groups excluding tert-OH is 8. The van der Waals surface area contributed by atoms with Crippen LogP contribution < -0.4 is 28.7 Å². The molecule has 19 heteroatoms. The van der Waals surface area contributed by atoms with Gasteiger partial charge in [0.15, 0.2) is 18.9 Å². The van der Waals surface area contributed by atoms with Crippen molar-refractivity contribution in [3.05, 3.63) is 0 Å². The quantitative estimate of drug-likeness (QED) is 0.114. The van der Waals surface area contributed by atoms with E-state index in [0.29, 0.717) is 0 Å². The Bertz CT molecular complexity index is 866. The van der Waals surface area contributed by atoms with Gasteiger partial charge in [-0.15, -0.1) is 0 Å². The molecule has 4 fully saturated rings. The molecule has 246 valence electrons. The lowest BCUT2D eigenvalue weighted by atomic mass is 9.84. The number of hydrogen-bond donors (Lipinski definition) is 13. The van der Waals surface area contributed by atoms with Crippen LogP contribution in [0.5, 0.6) is 0 Å². The van der Waals surface area contributed by atoms with Gasteiger partial charge >= 0.3 is 0 Å². The summed E-state index contributed by atoms with van der Waals surface area (Å²) < 4.78 is 34.4. The third kappa shape index (κ3) is 6.60. The summed E-state index contributed by atoms with van der Waals surface area (Å²) in [6.45, 7) is -1.49. The van der Waals surface area contributed by atoms with E-state index in [0.717, 1.165) is 0 Å². The molecule has 19 nitrogen and oxygen atoms in total. The maximum atomic E-state index is 11.1. The predicted molar refractivity (Wildman–Crippen MR) is 136 cm³/mol. The molecule has 0 aromatic carbocycles.